The molecule has 1 aromatic heterocycles. The van der Waals surface area contributed by atoms with E-state index in [4.69, 9.17) is 25.5 Å². The lowest BCUT2D eigenvalue weighted by molar-refractivity contribution is 0.0115. The van der Waals surface area contributed by atoms with E-state index in [-0.39, 0.29) is 11.8 Å². The van der Waals surface area contributed by atoms with E-state index in [0.29, 0.717) is 23.0 Å². The fourth-order valence-electron chi connectivity index (χ4n) is 1.74. The summed E-state index contributed by atoms with van der Waals surface area (Å²) in [5, 5.41) is 0.475. The molecule has 1 heterocycles. The highest BCUT2D eigenvalue weighted by Crippen LogP contribution is 2.30. The van der Waals surface area contributed by atoms with E-state index in [1.807, 2.05) is 0 Å². The average molecular weight is 296 g/mol. The van der Waals surface area contributed by atoms with Crippen LogP contribution in [0.25, 0.3) is 11.3 Å². The summed E-state index contributed by atoms with van der Waals surface area (Å²) in [5.74, 6) is -0.275. The molecule has 0 saturated heterocycles. The molecule has 1 aromatic carbocycles. The molecule has 0 spiro atoms. The van der Waals surface area contributed by atoms with Crippen molar-refractivity contribution in [2.75, 3.05) is 13.7 Å². The maximum absolute atomic E-state index is 12.1. The highest BCUT2D eigenvalue weighted by atomic mass is 35.5. The van der Waals surface area contributed by atoms with E-state index in [0.717, 1.165) is 0 Å². The predicted octanol–water partition coefficient (Wildman–Crippen LogP) is 3.19. The predicted molar refractivity (Wildman–Crippen MR) is 73.7 cm³/mol. The highest BCUT2D eigenvalue weighted by Gasteiger charge is 2.22. The molecule has 1 unspecified atom stereocenters. The Morgan fingerprint density at radius 3 is 2.90 bits per heavy atom. The van der Waals surface area contributed by atoms with Crippen LogP contribution in [-0.4, -0.2) is 30.8 Å². The average Bonchev–Trinajstić information content (AvgIpc) is 2.88. The van der Waals surface area contributed by atoms with Crippen LogP contribution in [0.3, 0.4) is 0 Å². The van der Waals surface area contributed by atoms with Gasteiger partial charge >= 0.3 is 5.97 Å². The van der Waals surface area contributed by atoms with Gasteiger partial charge in [0.1, 0.15) is 6.10 Å². The number of methoxy groups -OCH3 is 1. The van der Waals surface area contributed by atoms with E-state index in [2.05, 4.69) is 4.98 Å². The first kappa shape index (κ1) is 14.6. The standard InChI is InChI=1S/C14H14ClNO4/c1-9(7-18-2)20-14(17)12-13(19-8-16-12)10-5-3-4-6-11(10)15/h3-6,8-9H,7H2,1-2H3. The molecule has 0 N–H and O–H groups in total. The van der Waals surface area contributed by atoms with Crippen molar-refractivity contribution in [3.8, 4) is 11.3 Å². The number of ether oxygens (including phenoxy) is 2. The minimum atomic E-state index is -0.571. The summed E-state index contributed by atoms with van der Waals surface area (Å²) in [6.45, 7) is 2.04. The Morgan fingerprint density at radius 2 is 2.20 bits per heavy atom. The monoisotopic (exact) mass is 295 g/mol. The first-order chi connectivity index (χ1) is 9.63. The van der Waals surface area contributed by atoms with Crippen LogP contribution >= 0.6 is 11.6 Å². The summed E-state index contributed by atoms with van der Waals surface area (Å²) in [5.41, 5.74) is 0.694. The van der Waals surface area contributed by atoms with Crippen LogP contribution < -0.4 is 0 Å². The fraction of sp³-hybridized carbons (Fsp3) is 0.286. The number of hydrogen-bond acceptors (Lipinski definition) is 5. The Balaban J connectivity index is 2.25. The molecule has 0 aliphatic heterocycles. The molecule has 2 aromatic rings. The second-order valence-electron chi connectivity index (χ2n) is 4.18. The van der Waals surface area contributed by atoms with Crippen molar-refractivity contribution in [1.29, 1.82) is 0 Å². The summed E-state index contributed by atoms with van der Waals surface area (Å²) in [6.07, 6.45) is 0.819. The molecule has 0 aliphatic rings. The molecule has 20 heavy (non-hydrogen) atoms. The molecule has 5 nitrogen and oxygen atoms in total. The molecule has 1 atom stereocenters. The smallest absolute Gasteiger partial charge is 0.361 e. The van der Waals surface area contributed by atoms with E-state index in [9.17, 15) is 4.79 Å². The Hall–Kier alpha value is -1.85. The van der Waals surface area contributed by atoms with Crippen LogP contribution in [0.5, 0.6) is 0 Å². The molecule has 0 aliphatic carbocycles. The molecule has 0 radical (unpaired) electrons. The molecule has 0 fully saturated rings. The van der Waals surface area contributed by atoms with E-state index >= 15 is 0 Å². The SMILES string of the molecule is COCC(C)OC(=O)c1ncoc1-c1ccccc1Cl. The van der Waals surface area contributed by atoms with Crippen LogP contribution in [0, 0.1) is 0 Å². The number of esters is 1. The van der Waals surface area contributed by atoms with Crippen LogP contribution in [0.15, 0.2) is 35.1 Å². The Labute approximate surface area is 121 Å². The number of halogens is 1. The molecule has 106 valence electrons. The van der Waals surface area contributed by atoms with Gasteiger partial charge in [-0.1, -0.05) is 23.7 Å². The van der Waals surface area contributed by atoms with Gasteiger partial charge < -0.3 is 13.9 Å². The molecule has 6 heteroatoms. The van der Waals surface area contributed by atoms with E-state index in [1.165, 1.54) is 13.5 Å². The van der Waals surface area contributed by atoms with Crippen molar-refractivity contribution in [3.05, 3.63) is 41.4 Å². The summed E-state index contributed by atoms with van der Waals surface area (Å²) in [4.78, 5) is 16.0. The zero-order chi connectivity index (χ0) is 14.5. The van der Waals surface area contributed by atoms with Gasteiger partial charge in [0.15, 0.2) is 17.8 Å². The number of carbonyl (C=O) groups excluding carboxylic acids is 1. The molecular weight excluding hydrogens is 282 g/mol. The largest absolute Gasteiger partial charge is 0.455 e. The number of rotatable bonds is 5. The summed E-state index contributed by atoms with van der Waals surface area (Å²) in [7, 11) is 1.54. The Morgan fingerprint density at radius 1 is 1.45 bits per heavy atom. The minimum absolute atomic E-state index is 0.0982. The van der Waals surface area contributed by atoms with Crippen molar-refractivity contribution in [3.63, 3.8) is 0 Å². The van der Waals surface area contributed by atoms with Gasteiger partial charge in [0, 0.05) is 12.7 Å². The second-order valence-corrected chi connectivity index (χ2v) is 4.59. The van der Waals surface area contributed by atoms with Gasteiger partial charge in [-0.3, -0.25) is 0 Å². The topological polar surface area (TPSA) is 61.6 Å². The summed E-state index contributed by atoms with van der Waals surface area (Å²) >= 11 is 6.09. The third-order valence-corrected chi connectivity index (χ3v) is 2.92. The number of aromatic nitrogens is 1. The lowest BCUT2D eigenvalue weighted by Gasteiger charge is -2.11. The van der Waals surface area contributed by atoms with E-state index < -0.39 is 5.97 Å². The molecule has 0 bridgehead atoms. The van der Waals surface area contributed by atoms with Crippen LogP contribution in [-0.2, 0) is 9.47 Å². The van der Waals surface area contributed by atoms with Gasteiger partial charge in [-0.05, 0) is 19.1 Å². The number of oxazole rings is 1. The lowest BCUT2D eigenvalue weighted by Crippen LogP contribution is -2.20. The molecule has 2 rings (SSSR count). The molecule has 0 saturated carbocycles. The third kappa shape index (κ3) is 3.18. The first-order valence-electron chi connectivity index (χ1n) is 6.01. The summed E-state index contributed by atoms with van der Waals surface area (Å²) < 4.78 is 15.4. The van der Waals surface area contributed by atoms with Crippen molar-refractivity contribution in [2.24, 2.45) is 0 Å². The van der Waals surface area contributed by atoms with Crippen molar-refractivity contribution in [2.45, 2.75) is 13.0 Å². The van der Waals surface area contributed by atoms with Crippen molar-refractivity contribution < 1.29 is 18.7 Å². The van der Waals surface area contributed by atoms with Crippen LogP contribution in [0.1, 0.15) is 17.4 Å². The minimum Gasteiger partial charge on any atom is -0.455 e. The fourth-order valence-corrected chi connectivity index (χ4v) is 1.96. The maximum atomic E-state index is 12.1. The second kappa shape index (κ2) is 6.54. The van der Waals surface area contributed by atoms with Gasteiger partial charge in [-0.15, -0.1) is 0 Å². The van der Waals surface area contributed by atoms with Crippen LogP contribution in [0.4, 0.5) is 0 Å². The highest BCUT2D eigenvalue weighted by molar-refractivity contribution is 6.33. The first-order valence-corrected chi connectivity index (χ1v) is 6.39. The maximum Gasteiger partial charge on any atom is 0.361 e. The van der Waals surface area contributed by atoms with Gasteiger partial charge in [0.25, 0.3) is 0 Å². The molecule has 0 amide bonds. The zero-order valence-corrected chi connectivity index (χ0v) is 11.9. The zero-order valence-electron chi connectivity index (χ0n) is 11.1. The van der Waals surface area contributed by atoms with Gasteiger partial charge in [-0.25, -0.2) is 9.78 Å². The van der Waals surface area contributed by atoms with Crippen molar-refractivity contribution in [1.82, 2.24) is 4.98 Å². The Bertz CT molecular complexity index is 596. The number of benzene rings is 1. The van der Waals surface area contributed by atoms with Crippen molar-refractivity contribution >= 4 is 17.6 Å². The third-order valence-electron chi connectivity index (χ3n) is 2.59. The lowest BCUT2D eigenvalue weighted by atomic mass is 10.1. The normalized spacial score (nSPS) is 12.2. The van der Waals surface area contributed by atoms with Crippen LogP contribution in [0.2, 0.25) is 5.02 Å². The Kier molecular flexibility index (Phi) is 4.76. The van der Waals surface area contributed by atoms with E-state index in [1.54, 1.807) is 31.2 Å². The number of hydrogen-bond donors (Lipinski definition) is 0. The number of carbonyl (C=O) groups is 1. The molecular formula is C14H14ClNO4. The quantitative estimate of drug-likeness (QED) is 0.793. The van der Waals surface area contributed by atoms with Gasteiger partial charge in [0.2, 0.25) is 0 Å². The van der Waals surface area contributed by atoms with Gasteiger partial charge in [0.05, 0.1) is 11.6 Å². The number of nitrogens with zero attached hydrogens (tertiary/aromatic N) is 1. The summed E-state index contributed by atoms with van der Waals surface area (Å²) in [6, 6.07) is 7.05. The van der Waals surface area contributed by atoms with Gasteiger partial charge in [-0.2, -0.15) is 0 Å².